The van der Waals surface area contributed by atoms with E-state index in [2.05, 4.69) is 42.2 Å². The van der Waals surface area contributed by atoms with Crippen molar-refractivity contribution in [3.05, 3.63) is 29.3 Å². The van der Waals surface area contributed by atoms with Gasteiger partial charge in [0.05, 0.1) is 0 Å². The minimum absolute atomic E-state index is 1.35. The third kappa shape index (κ3) is 0.942. The molecule has 1 heterocycles. The monoisotopic (exact) mass is 164 g/mol. The topological polar surface area (TPSA) is 3.88 Å². The van der Waals surface area contributed by atoms with Crippen molar-refractivity contribution in [3.63, 3.8) is 0 Å². The average Bonchev–Trinajstić information content (AvgIpc) is 2.34. The predicted octanol–water partition coefficient (Wildman–Crippen LogP) is 2.03. The summed E-state index contributed by atoms with van der Waals surface area (Å²) in [7, 11) is 2.09. The lowest BCUT2D eigenvalue weighted by Gasteiger charge is -1.89. The molecule has 0 fully saturated rings. The van der Waals surface area contributed by atoms with Crippen molar-refractivity contribution >= 4 is 21.6 Å². The van der Waals surface area contributed by atoms with Gasteiger partial charge in [-0.1, -0.05) is 23.5 Å². The van der Waals surface area contributed by atoms with Gasteiger partial charge in [0.1, 0.15) is 11.7 Å². The lowest BCUT2D eigenvalue weighted by molar-refractivity contribution is -0.640. The highest BCUT2D eigenvalue weighted by Crippen LogP contribution is 2.18. The quantitative estimate of drug-likeness (QED) is 0.525. The summed E-state index contributed by atoms with van der Waals surface area (Å²) < 4.78 is 3.54. The average molecular weight is 164 g/mol. The first-order chi connectivity index (χ1) is 5.29. The molecule has 2 heteroatoms. The second-order valence-corrected chi connectivity index (χ2v) is 3.64. The molecular weight excluding hydrogens is 154 g/mol. The van der Waals surface area contributed by atoms with E-state index in [1.54, 1.807) is 11.3 Å². The van der Waals surface area contributed by atoms with Gasteiger partial charge in [-0.3, -0.25) is 0 Å². The van der Waals surface area contributed by atoms with E-state index in [1.807, 2.05) is 0 Å². The first-order valence-electron chi connectivity index (χ1n) is 3.61. The number of rotatable bonds is 0. The van der Waals surface area contributed by atoms with Crippen LogP contribution in [0.5, 0.6) is 0 Å². The SMILES string of the molecule is Cc1cccc2sc[n+](C)c12. The first-order valence-corrected chi connectivity index (χ1v) is 4.49. The van der Waals surface area contributed by atoms with Crippen LogP contribution in [0, 0.1) is 6.92 Å². The highest BCUT2D eigenvalue weighted by Gasteiger charge is 2.08. The van der Waals surface area contributed by atoms with Crippen molar-refractivity contribution in [2.45, 2.75) is 6.92 Å². The molecule has 0 radical (unpaired) electrons. The van der Waals surface area contributed by atoms with E-state index in [9.17, 15) is 0 Å². The predicted molar refractivity (Wildman–Crippen MR) is 47.7 cm³/mol. The summed E-state index contributed by atoms with van der Waals surface area (Å²) in [6, 6.07) is 6.41. The Balaban J connectivity index is 2.96. The molecule has 2 rings (SSSR count). The number of fused-ring (bicyclic) bond motifs is 1. The van der Waals surface area contributed by atoms with E-state index < -0.39 is 0 Å². The Bertz CT molecular complexity index is 389. The van der Waals surface area contributed by atoms with E-state index >= 15 is 0 Å². The molecule has 0 amide bonds. The molecule has 1 nitrogen and oxygen atoms in total. The zero-order chi connectivity index (χ0) is 7.84. The van der Waals surface area contributed by atoms with Crippen molar-refractivity contribution in [1.29, 1.82) is 0 Å². The molecule has 11 heavy (non-hydrogen) atoms. The molecule has 0 saturated heterocycles. The maximum absolute atomic E-state index is 2.18. The van der Waals surface area contributed by atoms with E-state index in [4.69, 9.17) is 0 Å². The van der Waals surface area contributed by atoms with Gasteiger partial charge in [0.25, 0.3) is 0 Å². The van der Waals surface area contributed by atoms with Gasteiger partial charge in [-0.2, -0.15) is 4.57 Å². The fraction of sp³-hybridized carbons (Fsp3) is 0.222. The van der Waals surface area contributed by atoms with Crippen LogP contribution in [0.1, 0.15) is 5.56 Å². The molecule has 0 atom stereocenters. The molecule has 0 spiro atoms. The number of para-hydroxylation sites is 1. The summed E-state index contributed by atoms with van der Waals surface area (Å²) in [5.41, 5.74) is 4.85. The van der Waals surface area contributed by atoms with E-state index in [1.165, 1.54) is 15.8 Å². The van der Waals surface area contributed by atoms with Crippen LogP contribution in [-0.4, -0.2) is 0 Å². The van der Waals surface area contributed by atoms with Crippen LogP contribution >= 0.6 is 11.3 Å². The second kappa shape index (κ2) is 2.31. The summed E-state index contributed by atoms with van der Waals surface area (Å²) in [5.74, 6) is 0. The molecule has 0 N–H and O–H groups in total. The van der Waals surface area contributed by atoms with Crippen LogP contribution in [0.3, 0.4) is 0 Å². The molecule has 0 aliphatic heterocycles. The molecular formula is C9H10NS+. The summed E-state index contributed by atoms with van der Waals surface area (Å²) in [6.45, 7) is 2.15. The van der Waals surface area contributed by atoms with Crippen molar-refractivity contribution in [1.82, 2.24) is 0 Å². The van der Waals surface area contributed by atoms with Gasteiger partial charge in [-0.05, 0) is 13.0 Å². The fourth-order valence-electron chi connectivity index (χ4n) is 1.37. The standard InChI is InChI=1S/C9H10NS/c1-7-4-3-5-8-9(7)10(2)6-11-8/h3-6H,1-2H3/q+1. The van der Waals surface area contributed by atoms with Crippen molar-refractivity contribution in [2.24, 2.45) is 7.05 Å². The van der Waals surface area contributed by atoms with E-state index in [0.717, 1.165) is 0 Å². The van der Waals surface area contributed by atoms with Crippen LogP contribution in [-0.2, 0) is 7.05 Å². The molecule has 1 aromatic carbocycles. The zero-order valence-corrected chi connectivity index (χ0v) is 7.48. The van der Waals surface area contributed by atoms with Gasteiger partial charge in [-0.15, -0.1) is 0 Å². The summed E-state index contributed by atoms with van der Waals surface area (Å²) in [6.07, 6.45) is 0. The lowest BCUT2D eigenvalue weighted by atomic mass is 10.2. The van der Waals surface area contributed by atoms with E-state index in [0.29, 0.717) is 0 Å². The molecule has 0 aliphatic carbocycles. The number of nitrogens with zero attached hydrogens (tertiary/aromatic N) is 1. The Hall–Kier alpha value is -0.890. The molecule has 0 unspecified atom stereocenters. The molecule has 56 valence electrons. The van der Waals surface area contributed by atoms with Gasteiger partial charge < -0.3 is 0 Å². The lowest BCUT2D eigenvalue weighted by Crippen LogP contribution is -2.25. The Kier molecular flexibility index (Phi) is 1.43. The van der Waals surface area contributed by atoms with Crippen LogP contribution in [0.25, 0.3) is 10.2 Å². The summed E-state index contributed by atoms with van der Waals surface area (Å²) in [5, 5.41) is 0. The van der Waals surface area contributed by atoms with Crippen LogP contribution in [0.15, 0.2) is 23.7 Å². The second-order valence-electron chi connectivity index (χ2n) is 2.76. The number of hydrogen-bond acceptors (Lipinski definition) is 1. The highest BCUT2D eigenvalue weighted by atomic mass is 32.1. The van der Waals surface area contributed by atoms with Gasteiger partial charge in [0.15, 0.2) is 0 Å². The first kappa shape index (κ1) is 6.80. The Morgan fingerprint density at radius 3 is 2.91 bits per heavy atom. The molecule has 0 saturated carbocycles. The summed E-state index contributed by atoms with van der Waals surface area (Å²) >= 11 is 1.79. The molecule has 1 aromatic heterocycles. The van der Waals surface area contributed by atoms with Crippen molar-refractivity contribution < 1.29 is 4.57 Å². The van der Waals surface area contributed by atoms with Crippen LogP contribution in [0.2, 0.25) is 0 Å². The van der Waals surface area contributed by atoms with E-state index in [-0.39, 0.29) is 0 Å². The highest BCUT2D eigenvalue weighted by molar-refractivity contribution is 7.16. The number of thiazole rings is 1. The van der Waals surface area contributed by atoms with Crippen LogP contribution < -0.4 is 4.57 Å². The van der Waals surface area contributed by atoms with Gasteiger partial charge in [0.2, 0.25) is 11.0 Å². The number of aryl methyl sites for hydroxylation is 2. The minimum Gasteiger partial charge on any atom is -0.191 e. The maximum Gasteiger partial charge on any atom is 0.226 e. The Morgan fingerprint density at radius 2 is 2.18 bits per heavy atom. The third-order valence-electron chi connectivity index (χ3n) is 1.89. The third-order valence-corrected chi connectivity index (χ3v) is 2.90. The number of benzene rings is 1. The molecule has 0 bridgehead atoms. The van der Waals surface area contributed by atoms with Crippen molar-refractivity contribution in [2.75, 3.05) is 0 Å². The van der Waals surface area contributed by atoms with Gasteiger partial charge in [0, 0.05) is 5.56 Å². The largest absolute Gasteiger partial charge is 0.226 e. The fourth-order valence-corrected chi connectivity index (χ4v) is 2.32. The van der Waals surface area contributed by atoms with Crippen LogP contribution in [0.4, 0.5) is 0 Å². The number of aromatic nitrogens is 1. The minimum atomic E-state index is 1.35. The van der Waals surface area contributed by atoms with Crippen molar-refractivity contribution in [3.8, 4) is 0 Å². The Labute approximate surface area is 69.9 Å². The normalized spacial score (nSPS) is 10.7. The maximum atomic E-state index is 2.18. The number of hydrogen-bond donors (Lipinski definition) is 0. The van der Waals surface area contributed by atoms with Gasteiger partial charge >= 0.3 is 0 Å². The van der Waals surface area contributed by atoms with Gasteiger partial charge in [-0.25, -0.2) is 0 Å². The Morgan fingerprint density at radius 1 is 1.36 bits per heavy atom. The smallest absolute Gasteiger partial charge is 0.191 e. The molecule has 0 aliphatic rings. The summed E-state index contributed by atoms with van der Waals surface area (Å²) in [4.78, 5) is 0. The molecule has 2 aromatic rings. The zero-order valence-electron chi connectivity index (χ0n) is 6.66.